The van der Waals surface area contributed by atoms with Crippen molar-refractivity contribution < 1.29 is 4.74 Å². The van der Waals surface area contributed by atoms with E-state index in [4.69, 9.17) is 4.74 Å². The van der Waals surface area contributed by atoms with Crippen molar-refractivity contribution in [1.29, 1.82) is 0 Å². The Labute approximate surface area is 128 Å². The van der Waals surface area contributed by atoms with Crippen molar-refractivity contribution in [2.24, 2.45) is 0 Å². The molecular formula is C17H20BrNO. The number of benzene rings is 2. The minimum atomic E-state index is 0.349. The summed E-state index contributed by atoms with van der Waals surface area (Å²) < 4.78 is 7.18. The average molecular weight is 334 g/mol. The third-order valence-electron chi connectivity index (χ3n) is 3.90. The fourth-order valence-corrected chi connectivity index (χ4v) is 3.25. The van der Waals surface area contributed by atoms with E-state index in [0.717, 1.165) is 29.6 Å². The lowest BCUT2D eigenvalue weighted by molar-refractivity contribution is 0.0847. The number of hydrogen-bond acceptors (Lipinski definition) is 2. The third kappa shape index (κ3) is 2.84. The molecule has 106 valence electrons. The fraction of sp³-hybridized carbons (Fsp3) is 0.412. The van der Waals surface area contributed by atoms with Crippen LogP contribution in [-0.4, -0.2) is 18.7 Å². The van der Waals surface area contributed by atoms with E-state index < -0.39 is 0 Å². The highest BCUT2D eigenvalue weighted by atomic mass is 79.9. The second-order valence-corrected chi connectivity index (χ2v) is 6.25. The van der Waals surface area contributed by atoms with Crippen LogP contribution < -0.4 is 10.1 Å². The van der Waals surface area contributed by atoms with E-state index >= 15 is 0 Å². The van der Waals surface area contributed by atoms with Crippen LogP contribution in [0.15, 0.2) is 40.9 Å². The van der Waals surface area contributed by atoms with Crippen LogP contribution in [0, 0.1) is 0 Å². The van der Waals surface area contributed by atoms with Gasteiger partial charge in [0.1, 0.15) is 11.9 Å². The largest absolute Gasteiger partial charge is 0.489 e. The number of rotatable bonds is 5. The van der Waals surface area contributed by atoms with Crippen molar-refractivity contribution in [3.05, 3.63) is 40.9 Å². The molecule has 0 atom stereocenters. The highest BCUT2D eigenvalue weighted by Crippen LogP contribution is 2.36. The van der Waals surface area contributed by atoms with E-state index in [1.54, 1.807) is 0 Å². The summed E-state index contributed by atoms with van der Waals surface area (Å²) in [6.45, 7) is 3.31. The minimum Gasteiger partial charge on any atom is -0.489 e. The highest BCUT2D eigenvalue weighted by molar-refractivity contribution is 9.10. The Balaban J connectivity index is 1.66. The molecule has 0 heterocycles. The van der Waals surface area contributed by atoms with Gasteiger partial charge in [-0.3, -0.25) is 0 Å². The Morgan fingerprint density at radius 3 is 2.80 bits per heavy atom. The van der Waals surface area contributed by atoms with E-state index in [1.807, 2.05) is 0 Å². The molecule has 0 amide bonds. The summed E-state index contributed by atoms with van der Waals surface area (Å²) in [5.74, 6) is 0.961. The van der Waals surface area contributed by atoms with Gasteiger partial charge in [-0.05, 0) is 58.6 Å². The summed E-state index contributed by atoms with van der Waals surface area (Å²) in [5.41, 5.74) is 0. The maximum absolute atomic E-state index is 6.11. The zero-order valence-electron chi connectivity index (χ0n) is 11.7. The minimum absolute atomic E-state index is 0.349. The topological polar surface area (TPSA) is 21.3 Å². The van der Waals surface area contributed by atoms with Crippen LogP contribution >= 0.6 is 15.9 Å². The zero-order chi connectivity index (χ0) is 13.9. The van der Waals surface area contributed by atoms with Crippen molar-refractivity contribution in [1.82, 2.24) is 5.32 Å². The molecule has 0 radical (unpaired) electrons. The Kier molecular flexibility index (Phi) is 4.27. The first kappa shape index (κ1) is 13.9. The van der Waals surface area contributed by atoms with Crippen molar-refractivity contribution >= 4 is 26.7 Å². The predicted molar refractivity (Wildman–Crippen MR) is 87.4 cm³/mol. The van der Waals surface area contributed by atoms with Gasteiger partial charge in [0, 0.05) is 6.04 Å². The maximum Gasteiger partial charge on any atom is 0.134 e. The van der Waals surface area contributed by atoms with Gasteiger partial charge in [-0.25, -0.2) is 0 Å². The SMILES string of the molecule is CCCNC1CC(Oc2ccc3ccccc3c2Br)C1. The molecule has 2 nitrogen and oxygen atoms in total. The van der Waals surface area contributed by atoms with Crippen LogP contribution in [0.4, 0.5) is 0 Å². The molecule has 3 heteroatoms. The van der Waals surface area contributed by atoms with Gasteiger partial charge in [0.25, 0.3) is 0 Å². The van der Waals surface area contributed by atoms with Gasteiger partial charge in [-0.1, -0.05) is 37.3 Å². The molecule has 1 fully saturated rings. The van der Waals surface area contributed by atoms with Crippen molar-refractivity contribution in [3.8, 4) is 5.75 Å². The standard InChI is InChI=1S/C17H20BrNO/c1-2-9-19-13-10-14(11-13)20-16-8-7-12-5-3-4-6-15(12)17(16)18/h3-8,13-14,19H,2,9-11H2,1H3. The van der Waals surface area contributed by atoms with Gasteiger partial charge in [0.2, 0.25) is 0 Å². The molecular weight excluding hydrogens is 314 g/mol. The molecule has 0 aliphatic heterocycles. The summed E-state index contributed by atoms with van der Waals surface area (Å²) >= 11 is 3.68. The second-order valence-electron chi connectivity index (χ2n) is 5.46. The van der Waals surface area contributed by atoms with Gasteiger partial charge < -0.3 is 10.1 Å². The molecule has 2 aromatic carbocycles. The molecule has 1 aliphatic rings. The molecule has 1 N–H and O–H groups in total. The normalized spacial score (nSPS) is 21.7. The van der Waals surface area contributed by atoms with Crippen molar-refractivity contribution in [3.63, 3.8) is 0 Å². The third-order valence-corrected chi connectivity index (χ3v) is 4.72. The van der Waals surface area contributed by atoms with Crippen LogP contribution in [0.1, 0.15) is 26.2 Å². The predicted octanol–water partition coefficient (Wildman–Crippen LogP) is 4.51. The van der Waals surface area contributed by atoms with E-state index in [-0.39, 0.29) is 0 Å². The lowest BCUT2D eigenvalue weighted by atomic mass is 9.89. The van der Waals surface area contributed by atoms with Gasteiger partial charge >= 0.3 is 0 Å². The molecule has 0 aromatic heterocycles. The number of nitrogens with one attached hydrogen (secondary N) is 1. The second kappa shape index (κ2) is 6.15. The molecule has 0 unspecified atom stereocenters. The van der Waals surface area contributed by atoms with Crippen LogP contribution in [0.3, 0.4) is 0 Å². The number of halogens is 1. The van der Waals surface area contributed by atoms with Crippen LogP contribution in [0.2, 0.25) is 0 Å². The summed E-state index contributed by atoms with van der Waals surface area (Å²) in [4.78, 5) is 0. The first-order valence-electron chi connectivity index (χ1n) is 7.35. The quantitative estimate of drug-likeness (QED) is 0.869. The van der Waals surface area contributed by atoms with Crippen molar-refractivity contribution in [2.75, 3.05) is 6.54 Å². The molecule has 0 saturated heterocycles. The van der Waals surface area contributed by atoms with Gasteiger partial charge in [0.05, 0.1) is 4.47 Å². The summed E-state index contributed by atoms with van der Waals surface area (Å²) in [7, 11) is 0. The number of ether oxygens (including phenoxy) is 1. The number of fused-ring (bicyclic) bond motifs is 1. The van der Waals surface area contributed by atoms with E-state index in [0.29, 0.717) is 12.1 Å². The van der Waals surface area contributed by atoms with Crippen LogP contribution in [0.5, 0.6) is 5.75 Å². The Morgan fingerprint density at radius 1 is 1.20 bits per heavy atom. The molecule has 3 rings (SSSR count). The van der Waals surface area contributed by atoms with Crippen LogP contribution in [-0.2, 0) is 0 Å². The van der Waals surface area contributed by atoms with E-state index in [9.17, 15) is 0 Å². The Hall–Kier alpha value is -1.06. The smallest absolute Gasteiger partial charge is 0.134 e. The highest BCUT2D eigenvalue weighted by Gasteiger charge is 2.30. The Bertz CT molecular complexity index is 593. The molecule has 20 heavy (non-hydrogen) atoms. The molecule has 1 saturated carbocycles. The molecule has 0 spiro atoms. The summed E-state index contributed by atoms with van der Waals surface area (Å²) in [5, 5.41) is 5.99. The maximum atomic E-state index is 6.11. The van der Waals surface area contributed by atoms with Gasteiger partial charge in [-0.15, -0.1) is 0 Å². The average Bonchev–Trinajstić information content (AvgIpc) is 2.44. The van der Waals surface area contributed by atoms with E-state index in [1.165, 1.54) is 17.2 Å². The zero-order valence-corrected chi connectivity index (χ0v) is 13.3. The lowest BCUT2D eigenvalue weighted by Gasteiger charge is -2.36. The molecule has 0 bridgehead atoms. The van der Waals surface area contributed by atoms with Gasteiger partial charge in [0.15, 0.2) is 0 Å². The van der Waals surface area contributed by atoms with E-state index in [2.05, 4.69) is 64.6 Å². The monoisotopic (exact) mass is 333 g/mol. The Morgan fingerprint density at radius 2 is 2.00 bits per heavy atom. The summed E-state index contributed by atoms with van der Waals surface area (Å²) in [6.07, 6.45) is 3.76. The first-order valence-corrected chi connectivity index (χ1v) is 8.14. The molecule has 1 aliphatic carbocycles. The molecule has 2 aromatic rings. The first-order chi connectivity index (χ1) is 9.78. The summed E-state index contributed by atoms with van der Waals surface area (Å²) in [6, 6.07) is 13.2. The lowest BCUT2D eigenvalue weighted by Crippen LogP contribution is -2.47. The number of hydrogen-bond donors (Lipinski definition) is 1. The fourth-order valence-electron chi connectivity index (χ4n) is 2.66. The van der Waals surface area contributed by atoms with Gasteiger partial charge in [-0.2, -0.15) is 0 Å². The van der Waals surface area contributed by atoms with Crippen molar-refractivity contribution in [2.45, 2.75) is 38.3 Å². The van der Waals surface area contributed by atoms with Crippen LogP contribution in [0.25, 0.3) is 10.8 Å².